The molecule has 0 radical (unpaired) electrons. The van der Waals surface area contributed by atoms with Gasteiger partial charge < -0.3 is 4.57 Å². The summed E-state index contributed by atoms with van der Waals surface area (Å²) in [5.41, 5.74) is 10.8. The van der Waals surface area contributed by atoms with E-state index in [0.29, 0.717) is 17.5 Å². The molecular weight excluding hydrogens is 741 g/mol. The molecule has 0 saturated heterocycles. The second-order valence-corrected chi connectivity index (χ2v) is 15.6. The molecule has 12 rings (SSSR count). The van der Waals surface area contributed by atoms with Gasteiger partial charge in [-0.05, 0) is 97.0 Å². The van der Waals surface area contributed by atoms with Gasteiger partial charge in [-0.25, -0.2) is 15.0 Å². The van der Waals surface area contributed by atoms with Crippen LogP contribution in [0.15, 0.2) is 218 Å². The first-order valence-corrected chi connectivity index (χ1v) is 20.7. The van der Waals surface area contributed by atoms with Crippen LogP contribution in [0.25, 0.3) is 116 Å². The zero-order valence-electron chi connectivity index (χ0n) is 33.1. The maximum absolute atomic E-state index is 5.21. The first-order valence-electron chi connectivity index (χ1n) is 20.7. The van der Waals surface area contributed by atoms with E-state index in [-0.39, 0.29) is 0 Å². The van der Waals surface area contributed by atoms with E-state index in [4.69, 9.17) is 15.0 Å². The maximum atomic E-state index is 5.21. The number of nitrogens with zero attached hydrogens (tertiary/aromatic N) is 4. The Kier molecular flexibility index (Phi) is 8.13. The molecule has 0 aliphatic carbocycles. The number of para-hydroxylation sites is 2. The molecule has 0 amide bonds. The number of benzene rings is 10. The van der Waals surface area contributed by atoms with E-state index < -0.39 is 0 Å². The Balaban J connectivity index is 0.987. The minimum Gasteiger partial charge on any atom is -0.309 e. The lowest BCUT2D eigenvalue weighted by molar-refractivity contribution is 1.07. The first kappa shape index (κ1) is 34.8. The van der Waals surface area contributed by atoms with Crippen molar-refractivity contribution in [2.24, 2.45) is 0 Å². The van der Waals surface area contributed by atoms with Crippen LogP contribution in [0.1, 0.15) is 0 Å². The van der Waals surface area contributed by atoms with E-state index in [1.54, 1.807) is 0 Å². The fourth-order valence-corrected chi connectivity index (χ4v) is 9.16. The average molecular weight is 777 g/mol. The third kappa shape index (κ3) is 5.96. The molecule has 0 saturated carbocycles. The highest BCUT2D eigenvalue weighted by Gasteiger charge is 2.17. The molecule has 0 aliphatic heterocycles. The van der Waals surface area contributed by atoms with E-state index in [0.717, 1.165) is 44.5 Å². The lowest BCUT2D eigenvalue weighted by Crippen LogP contribution is -2.01. The molecule has 284 valence electrons. The molecule has 61 heavy (non-hydrogen) atoms. The van der Waals surface area contributed by atoms with Gasteiger partial charge in [0.2, 0.25) is 0 Å². The van der Waals surface area contributed by atoms with Crippen LogP contribution in [0.4, 0.5) is 0 Å². The summed E-state index contributed by atoms with van der Waals surface area (Å²) < 4.78 is 2.33. The molecule has 4 nitrogen and oxygen atoms in total. The van der Waals surface area contributed by atoms with Crippen molar-refractivity contribution >= 4 is 54.1 Å². The van der Waals surface area contributed by atoms with Crippen LogP contribution in [0.5, 0.6) is 0 Å². The summed E-state index contributed by atoms with van der Waals surface area (Å²) in [5, 5.41) is 9.94. The summed E-state index contributed by atoms with van der Waals surface area (Å²) in [5.74, 6) is 1.87. The Morgan fingerprint density at radius 2 is 0.754 bits per heavy atom. The lowest BCUT2D eigenvalue weighted by Gasteiger charge is -2.15. The lowest BCUT2D eigenvalue weighted by atomic mass is 9.89. The minimum atomic E-state index is 0.620. The molecular formula is C57H36N4. The molecule has 0 fully saturated rings. The van der Waals surface area contributed by atoms with Gasteiger partial charge in [0.25, 0.3) is 0 Å². The van der Waals surface area contributed by atoms with Gasteiger partial charge in [0.1, 0.15) is 0 Å². The van der Waals surface area contributed by atoms with Crippen LogP contribution in [-0.2, 0) is 0 Å². The number of rotatable bonds is 6. The van der Waals surface area contributed by atoms with Gasteiger partial charge in [0.15, 0.2) is 17.5 Å². The Bertz CT molecular complexity index is 3610. The van der Waals surface area contributed by atoms with Gasteiger partial charge in [-0.3, -0.25) is 0 Å². The highest BCUT2D eigenvalue weighted by molar-refractivity contribution is 6.20. The van der Waals surface area contributed by atoms with Gasteiger partial charge in [0.05, 0.1) is 11.0 Å². The van der Waals surface area contributed by atoms with Crippen LogP contribution >= 0.6 is 0 Å². The van der Waals surface area contributed by atoms with E-state index in [9.17, 15) is 0 Å². The van der Waals surface area contributed by atoms with Gasteiger partial charge in [-0.1, -0.05) is 176 Å². The van der Waals surface area contributed by atoms with E-state index in [1.165, 1.54) is 54.2 Å². The molecule has 2 heterocycles. The second kappa shape index (κ2) is 14.3. The monoisotopic (exact) mass is 776 g/mol. The maximum Gasteiger partial charge on any atom is 0.164 e. The van der Waals surface area contributed by atoms with Gasteiger partial charge >= 0.3 is 0 Å². The summed E-state index contributed by atoms with van der Waals surface area (Å²) in [6, 6.07) is 77.7. The first-order chi connectivity index (χ1) is 30.2. The Morgan fingerprint density at radius 1 is 0.262 bits per heavy atom. The van der Waals surface area contributed by atoms with Crippen molar-refractivity contribution in [2.45, 2.75) is 0 Å². The predicted molar refractivity (Wildman–Crippen MR) is 254 cm³/mol. The Morgan fingerprint density at radius 3 is 1.46 bits per heavy atom. The number of fused-ring (bicyclic) bond motifs is 7. The van der Waals surface area contributed by atoms with Crippen LogP contribution < -0.4 is 0 Å². The zero-order chi connectivity index (χ0) is 40.3. The summed E-state index contributed by atoms with van der Waals surface area (Å²) in [6.07, 6.45) is 0. The van der Waals surface area contributed by atoms with Crippen LogP contribution in [0.3, 0.4) is 0 Å². The van der Waals surface area contributed by atoms with Gasteiger partial charge in [-0.2, -0.15) is 0 Å². The molecule has 10 aromatic carbocycles. The quantitative estimate of drug-likeness (QED) is 0.125. The molecule has 0 aliphatic rings. The van der Waals surface area contributed by atoms with Gasteiger partial charge in [0, 0.05) is 33.2 Å². The van der Waals surface area contributed by atoms with Crippen molar-refractivity contribution in [1.82, 2.24) is 19.5 Å². The number of hydrogen-bond donors (Lipinski definition) is 0. The summed E-state index contributed by atoms with van der Waals surface area (Å²) >= 11 is 0. The SMILES string of the molecule is c1ccc(-c2nc(-c3cccc(-c4cccc(-c5c6ccccc6cc6c5ccc5ccccc56)c4)c3)nc(-c3cccc(-n4c5ccccc5c5ccccc54)c3)n2)cc1. The zero-order valence-corrected chi connectivity index (χ0v) is 33.1. The minimum absolute atomic E-state index is 0.620. The predicted octanol–water partition coefficient (Wildman–Crippen LogP) is 14.8. The summed E-state index contributed by atoms with van der Waals surface area (Å²) in [6.45, 7) is 0. The third-order valence-corrected chi connectivity index (χ3v) is 12.0. The second-order valence-electron chi connectivity index (χ2n) is 15.6. The molecule has 2 aromatic heterocycles. The number of hydrogen-bond acceptors (Lipinski definition) is 3. The molecule has 0 N–H and O–H groups in total. The van der Waals surface area contributed by atoms with Crippen molar-refractivity contribution in [1.29, 1.82) is 0 Å². The smallest absolute Gasteiger partial charge is 0.164 e. The Hall–Kier alpha value is -8.21. The normalized spacial score (nSPS) is 11.6. The molecule has 0 bridgehead atoms. The fraction of sp³-hybridized carbons (Fsp3) is 0. The standard InChI is InChI=1S/C57H36N4/c1-2-16-38(17-3-1)55-58-56(60-57(59-55)44-23-14-24-45(35-44)61-52-29-10-8-27-48(52)49-28-9-11-30-53(49)61)43-22-13-20-40(34-43)39-19-12-21-42(33-39)54-47-26-7-5-18-41(47)36-51-46-25-6-4-15-37(46)31-32-50(51)54/h1-36H. The van der Waals surface area contributed by atoms with Gasteiger partial charge in [-0.15, -0.1) is 0 Å². The number of aromatic nitrogens is 4. The van der Waals surface area contributed by atoms with Crippen LogP contribution in [0, 0.1) is 0 Å². The van der Waals surface area contributed by atoms with Crippen molar-refractivity contribution < 1.29 is 0 Å². The van der Waals surface area contributed by atoms with Crippen molar-refractivity contribution in [2.75, 3.05) is 0 Å². The Labute approximate surface area is 352 Å². The highest BCUT2D eigenvalue weighted by Crippen LogP contribution is 2.41. The largest absolute Gasteiger partial charge is 0.309 e. The molecule has 0 atom stereocenters. The molecule has 12 aromatic rings. The van der Waals surface area contributed by atoms with Crippen molar-refractivity contribution in [3.63, 3.8) is 0 Å². The summed E-state index contributed by atoms with van der Waals surface area (Å²) in [4.78, 5) is 15.4. The molecule has 0 unspecified atom stereocenters. The fourth-order valence-electron chi connectivity index (χ4n) is 9.16. The topological polar surface area (TPSA) is 43.6 Å². The van der Waals surface area contributed by atoms with Crippen LogP contribution in [-0.4, -0.2) is 19.5 Å². The van der Waals surface area contributed by atoms with E-state index in [1.807, 2.05) is 18.2 Å². The third-order valence-electron chi connectivity index (χ3n) is 12.0. The average Bonchev–Trinajstić information content (AvgIpc) is 3.68. The highest BCUT2D eigenvalue weighted by atomic mass is 15.0. The van der Waals surface area contributed by atoms with Crippen molar-refractivity contribution in [3.05, 3.63) is 218 Å². The molecule has 0 spiro atoms. The summed E-state index contributed by atoms with van der Waals surface area (Å²) in [7, 11) is 0. The van der Waals surface area contributed by atoms with Crippen molar-refractivity contribution in [3.8, 4) is 62.1 Å². The van der Waals surface area contributed by atoms with Crippen LogP contribution in [0.2, 0.25) is 0 Å². The van der Waals surface area contributed by atoms with E-state index >= 15 is 0 Å². The molecule has 4 heteroatoms. The van der Waals surface area contributed by atoms with E-state index in [2.05, 4.69) is 205 Å².